The van der Waals surface area contributed by atoms with Crippen LogP contribution in [0.3, 0.4) is 0 Å². The van der Waals surface area contributed by atoms with Gasteiger partial charge in [-0.2, -0.15) is 0 Å². The topological polar surface area (TPSA) is 69.2 Å². The number of carbonyl (C=O) groups is 1. The highest BCUT2D eigenvalue weighted by Crippen LogP contribution is 2.27. The molecule has 6 nitrogen and oxygen atoms in total. The van der Waals surface area contributed by atoms with E-state index in [0.717, 1.165) is 5.56 Å². The molecule has 0 radical (unpaired) electrons. The number of methoxy groups -OCH3 is 2. The molecule has 0 spiro atoms. The van der Waals surface area contributed by atoms with E-state index < -0.39 is 0 Å². The molecule has 7 heteroatoms. The van der Waals surface area contributed by atoms with Crippen LogP contribution in [0.15, 0.2) is 47.6 Å². The highest BCUT2D eigenvalue weighted by Gasteiger charge is 2.08. The Labute approximate surface area is 145 Å². The largest absolute Gasteiger partial charge is 0.496 e. The third kappa shape index (κ3) is 4.89. The summed E-state index contributed by atoms with van der Waals surface area (Å²) in [5.41, 5.74) is 1.21. The molecular weight excluding hydrogens is 332 g/mol. The SMILES string of the molecule is COc1ccccc1/C=N\OCC(=O)Nc1cc(Cl)ccc1OC. The second-order valence-electron chi connectivity index (χ2n) is 4.64. The van der Waals surface area contributed by atoms with Gasteiger partial charge in [0.2, 0.25) is 0 Å². The summed E-state index contributed by atoms with van der Waals surface area (Å²) in [4.78, 5) is 16.9. The fraction of sp³-hybridized carbons (Fsp3) is 0.176. The van der Waals surface area contributed by atoms with Crippen molar-refractivity contribution < 1.29 is 19.1 Å². The Morgan fingerprint density at radius 3 is 2.67 bits per heavy atom. The molecule has 0 bridgehead atoms. The number of hydrogen-bond donors (Lipinski definition) is 1. The minimum atomic E-state index is -0.382. The third-order valence-electron chi connectivity index (χ3n) is 3.04. The van der Waals surface area contributed by atoms with Gasteiger partial charge in [0.1, 0.15) is 11.5 Å². The molecule has 0 aliphatic carbocycles. The van der Waals surface area contributed by atoms with E-state index in [1.54, 1.807) is 31.4 Å². The van der Waals surface area contributed by atoms with E-state index >= 15 is 0 Å². The maximum atomic E-state index is 11.9. The second-order valence-corrected chi connectivity index (χ2v) is 5.08. The van der Waals surface area contributed by atoms with E-state index in [9.17, 15) is 4.79 Å². The molecule has 0 heterocycles. The molecule has 0 unspecified atom stereocenters. The molecule has 0 atom stereocenters. The van der Waals surface area contributed by atoms with Crippen LogP contribution in [0.25, 0.3) is 0 Å². The van der Waals surface area contributed by atoms with E-state index in [1.165, 1.54) is 13.3 Å². The predicted molar refractivity (Wildman–Crippen MR) is 93.2 cm³/mol. The number of ether oxygens (including phenoxy) is 2. The number of nitrogens with zero attached hydrogens (tertiary/aromatic N) is 1. The van der Waals surface area contributed by atoms with Crippen molar-refractivity contribution in [3.05, 3.63) is 53.1 Å². The molecule has 0 aromatic heterocycles. The van der Waals surface area contributed by atoms with Crippen LogP contribution in [0, 0.1) is 0 Å². The van der Waals surface area contributed by atoms with Crippen LogP contribution in [0.5, 0.6) is 11.5 Å². The summed E-state index contributed by atoms with van der Waals surface area (Å²) in [5, 5.41) is 6.91. The van der Waals surface area contributed by atoms with Crippen molar-refractivity contribution in [3.8, 4) is 11.5 Å². The summed E-state index contributed by atoms with van der Waals surface area (Å²) in [6.45, 7) is -0.249. The quantitative estimate of drug-likeness (QED) is 0.615. The minimum Gasteiger partial charge on any atom is -0.496 e. The number of anilines is 1. The summed E-state index contributed by atoms with van der Waals surface area (Å²) < 4.78 is 10.3. The summed E-state index contributed by atoms with van der Waals surface area (Å²) in [6, 6.07) is 12.3. The van der Waals surface area contributed by atoms with Crippen molar-refractivity contribution in [3.63, 3.8) is 0 Å². The second kappa shape index (κ2) is 8.79. The fourth-order valence-electron chi connectivity index (χ4n) is 1.93. The van der Waals surface area contributed by atoms with E-state index in [0.29, 0.717) is 22.2 Å². The molecule has 24 heavy (non-hydrogen) atoms. The summed E-state index contributed by atoms with van der Waals surface area (Å²) in [7, 11) is 3.08. The van der Waals surface area contributed by atoms with Gasteiger partial charge >= 0.3 is 0 Å². The first kappa shape index (κ1) is 17.6. The van der Waals surface area contributed by atoms with Gasteiger partial charge in [-0.05, 0) is 30.3 Å². The Morgan fingerprint density at radius 1 is 1.17 bits per heavy atom. The van der Waals surface area contributed by atoms with E-state index in [4.69, 9.17) is 25.9 Å². The normalized spacial score (nSPS) is 10.5. The molecule has 2 aromatic rings. The van der Waals surface area contributed by atoms with E-state index in [2.05, 4.69) is 10.5 Å². The molecule has 1 N–H and O–H groups in total. The van der Waals surface area contributed by atoms with E-state index in [1.807, 2.05) is 18.2 Å². The van der Waals surface area contributed by atoms with Gasteiger partial charge in [0, 0.05) is 10.6 Å². The van der Waals surface area contributed by atoms with Crippen LogP contribution in [-0.4, -0.2) is 32.9 Å². The zero-order valence-corrected chi connectivity index (χ0v) is 14.0. The van der Waals surface area contributed by atoms with Crippen LogP contribution < -0.4 is 14.8 Å². The highest BCUT2D eigenvalue weighted by molar-refractivity contribution is 6.31. The number of para-hydroxylation sites is 1. The zero-order chi connectivity index (χ0) is 17.4. The molecule has 2 rings (SSSR count). The van der Waals surface area contributed by atoms with Crippen molar-refractivity contribution in [1.82, 2.24) is 0 Å². The maximum Gasteiger partial charge on any atom is 0.265 e. The molecular formula is C17H17ClN2O4. The van der Waals surface area contributed by atoms with Crippen LogP contribution in [0.4, 0.5) is 5.69 Å². The van der Waals surface area contributed by atoms with Gasteiger partial charge in [-0.15, -0.1) is 0 Å². The van der Waals surface area contributed by atoms with Crippen molar-refractivity contribution in [2.24, 2.45) is 5.16 Å². The number of rotatable bonds is 7. The monoisotopic (exact) mass is 348 g/mol. The average Bonchev–Trinajstić information content (AvgIpc) is 2.59. The molecule has 2 aromatic carbocycles. The predicted octanol–water partition coefficient (Wildman–Crippen LogP) is 3.35. The Hall–Kier alpha value is -2.73. The van der Waals surface area contributed by atoms with Gasteiger partial charge in [-0.3, -0.25) is 4.79 Å². The van der Waals surface area contributed by atoms with Crippen molar-refractivity contribution >= 4 is 29.4 Å². The first-order valence-corrected chi connectivity index (χ1v) is 7.43. The standard InChI is InChI=1S/C17H17ClN2O4/c1-22-15-6-4-3-5-12(15)10-19-24-11-17(21)20-14-9-13(18)7-8-16(14)23-2/h3-10H,11H2,1-2H3,(H,20,21)/b19-10-. The lowest BCUT2D eigenvalue weighted by molar-refractivity contribution is -0.120. The van der Waals surface area contributed by atoms with Gasteiger partial charge < -0.3 is 19.6 Å². The molecule has 0 fully saturated rings. The number of nitrogens with one attached hydrogen (secondary N) is 1. The van der Waals surface area contributed by atoms with Crippen LogP contribution in [0.1, 0.15) is 5.56 Å². The van der Waals surface area contributed by atoms with Gasteiger partial charge in [0.25, 0.3) is 5.91 Å². The van der Waals surface area contributed by atoms with Crippen LogP contribution in [0.2, 0.25) is 5.02 Å². The van der Waals surface area contributed by atoms with Gasteiger partial charge in [-0.25, -0.2) is 0 Å². The molecule has 0 aliphatic heterocycles. The molecule has 1 amide bonds. The van der Waals surface area contributed by atoms with Crippen molar-refractivity contribution in [1.29, 1.82) is 0 Å². The maximum absolute atomic E-state index is 11.9. The van der Waals surface area contributed by atoms with Crippen LogP contribution in [-0.2, 0) is 9.63 Å². The first-order valence-electron chi connectivity index (χ1n) is 7.05. The summed E-state index contributed by atoms with van der Waals surface area (Å²) in [6.07, 6.45) is 1.48. The minimum absolute atomic E-state index is 0.249. The number of amides is 1. The zero-order valence-electron chi connectivity index (χ0n) is 13.3. The van der Waals surface area contributed by atoms with Crippen molar-refractivity contribution in [2.75, 3.05) is 26.1 Å². The van der Waals surface area contributed by atoms with E-state index in [-0.39, 0.29) is 12.5 Å². The lowest BCUT2D eigenvalue weighted by Gasteiger charge is -2.10. The Balaban J connectivity index is 1.90. The lowest BCUT2D eigenvalue weighted by Crippen LogP contribution is -2.17. The Morgan fingerprint density at radius 2 is 1.92 bits per heavy atom. The number of hydrogen-bond acceptors (Lipinski definition) is 5. The number of benzene rings is 2. The Bertz CT molecular complexity index is 734. The summed E-state index contributed by atoms with van der Waals surface area (Å²) in [5.74, 6) is 0.788. The summed E-state index contributed by atoms with van der Waals surface area (Å²) >= 11 is 5.91. The smallest absolute Gasteiger partial charge is 0.265 e. The Kier molecular flexibility index (Phi) is 6.45. The van der Waals surface area contributed by atoms with Gasteiger partial charge in [0.05, 0.1) is 26.1 Å². The number of halogens is 1. The fourth-order valence-corrected chi connectivity index (χ4v) is 2.10. The highest BCUT2D eigenvalue weighted by atomic mass is 35.5. The lowest BCUT2D eigenvalue weighted by atomic mass is 10.2. The molecule has 0 saturated heterocycles. The first-order chi connectivity index (χ1) is 11.6. The third-order valence-corrected chi connectivity index (χ3v) is 3.27. The van der Waals surface area contributed by atoms with Gasteiger partial charge in [0.15, 0.2) is 6.61 Å². The average molecular weight is 349 g/mol. The van der Waals surface area contributed by atoms with Crippen molar-refractivity contribution in [2.45, 2.75) is 0 Å². The van der Waals surface area contributed by atoms with Gasteiger partial charge in [-0.1, -0.05) is 28.9 Å². The molecule has 0 saturated carbocycles. The number of oxime groups is 1. The molecule has 0 aliphatic rings. The number of carbonyl (C=O) groups excluding carboxylic acids is 1. The van der Waals surface area contributed by atoms with Crippen LogP contribution >= 0.6 is 11.6 Å². The molecule has 126 valence electrons.